The molecule has 3 rings (SSSR count). The van der Waals surface area contributed by atoms with Crippen molar-refractivity contribution in [3.8, 4) is 0 Å². The third-order valence-electron chi connectivity index (χ3n) is 5.45. The van der Waals surface area contributed by atoms with Crippen molar-refractivity contribution in [2.75, 3.05) is 31.6 Å². The molecule has 2 N–H and O–H groups in total. The van der Waals surface area contributed by atoms with E-state index in [1.54, 1.807) is 6.07 Å². The zero-order chi connectivity index (χ0) is 22.2. The molecule has 0 spiro atoms. The van der Waals surface area contributed by atoms with E-state index < -0.39 is 6.04 Å². The molecule has 1 atom stereocenters. The van der Waals surface area contributed by atoms with Crippen LogP contribution in [0.25, 0.3) is 0 Å². The minimum absolute atomic E-state index is 0.198. The first-order valence-electron chi connectivity index (χ1n) is 11.0. The number of hydrogen-bond donors (Lipinski definition) is 2. The van der Waals surface area contributed by atoms with Gasteiger partial charge in [-0.3, -0.25) is 14.5 Å². The first kappa shape index (κ1) is 23.0. The van der Waals surface area contributed by atoms with Crippen molar-refractivity contribution in [2.45, 2.75) is 39.8 Å². The molecule has 166 valence electrons. The number of ether oxygens (including phenoxy) is 1. The number of carbonyl (C=O) groups is 2. The summed E-state index contributed by atoms with van der Waals surface area (Å²) in [7, 11) is 0. The Bertz CT molecular complexity index is 874. The summed E-state index contributed by atoms with van der Waals surface area (Å²) in [6.07, 6.45) is 0.568. The van der Waals surface area contributed by atoms with Gasteiger partial charge in [-0.15, -0.1) is 0 Å². The molecule has 1 aliphatic heterocycles. The van der Waals surface area contributed by atoms with Crippen LogP contribution in [0.2, 0.25) is 0 Å². The van der Waals surface area contributed by atoms with E-state index in [1.165, 1.54) is 5.56 Å². The van der Waals surface area contributed by atoms with Gasteiger partial charge in [-0.05, 0) is 48.6 Å². The Morgan fingerprint density at radius 3 is 2.35 bits per heavy atom. The molecule has 1 aliphatic rings. The number of benzene rings is 2. The van der Waals surface area contributed by atoms with Gasteiger partial charge in [0.1, 0.15) is 6.04 Å². The van der Waals surface area contributed by atoms with Crippen molar-refractivity contribution in [3.05, 3.63) is 65.2 Å². The van der Waals surface area contributed by atoms with Crippen LogP contribution in [0.15, 0.2) is 48.5 Å². The van der Waals surface area contributed by atoms with Gasteiger partial charge in [0.25, 0.3) is 5.91 Å². The molecule has 0 aliphatic carbocycles. The fourth-order valence-corrected chi connectivity index (χ4v) is 3.71. The lowest BCUT2D eigenvalue weighted by atomic mass is 10.0. The summed E-state index contributed by atoms with van der Waals surface area (Å²) in [5.41, 5.74) is 3.41. The normalized spacial score (nSPS) is 15.5. The first-order chi connectivity index (χ1) is 14.9. The van der Waals surface area contributed by atoms with Crippen LogP contribution in [0.3, 0.4) is 0 Å². The number of anilines is 1. The smallest absolute Gasteiger partial charge is 0.252 e. The van der Waals surface area contributed by atoms with Gasteiger partial charge in [0.15, 0.2) is 0 Å². The second kappa shape index (κ2) is 11.1. The van der Waals surface area contributed by atoms with E-state index in [0.717, 1.165) is 44.1 Å². The zero-order valence-corrected chi connectivity index (χ0v) is 18.7. The highest BCUT2D eigenvalue weighted by Gasteiger charge is 2.23. The Morgan fingerprint density at radius 2 is 1.71 bits per heavy atom. The molecule has 31 heavy (non-hydrogen) atoms. The fraction of sp³-hybridized carbons (Fsp3) is 0.440. The van der Waals surface area contributed by atoms with E-state index in [9.17, 15) is 9.59 Å². The average molecular weight is 424 g/mol. The van der Waals surface area contributed by atoms with Gasteiger partial charge in [-0.25, -0.2) is 0 Å². The number of morpholine rings is 1. The van der Waals surface area contributed by atoms with Crippen LogP contribution < -0.4 is 10.6 Å². The molecule has 6 heteroatoms. The molecule has 1 unspecified atom stereocenters. The molecule has 1 saturated heterocycles. The topological polar surface area (TPSA) is 70.7 Å². The largest absolute Gasteiger partial charge is 0.379 e. The zero-order valence-electron chi connectivity index (χ0n) is 18.7. The molecule has 2 amide bonds. The Labute approximate surface area is 185 Å². The Balaban J connectivity index is 1.62. The van der Waals surface area contributed by atoms with Crippen LogP contribution in [-0.4, -0.2) is 49.1 Å². The van der Waals surface area contributed by atoms with Crippen LogP contribution in [-0.2, 0) is 16.1 Å². The minimum Gasteiger partial charge on any atom is -0.379 e. The number of nitrogens with zero attached hydrogens (tertiary/aromatic N) is 1. The highest BCUT2D eigenvalue weighted by molar-refractivity contribution is 6.01. The van der Waals surface area contributed by atoms with Crippen molar-refractivity contribution in [2.24, 2.45) is 5.92 Å². The number of rotatable bonds is 8. The molecule has 2 aromatic rings. The van der Waals surface area contributed by atoms with E-state index in [4.69, 9.17) is 4.74 Å². The maximum atomic E-state index is 13.0. The maximum absolute atomic E-state index is 13.0. The van der Waals surface area contributed by atoms with Gasteiger partial charge in [-0.2, -0.15) is 0 Å². The van der Waals surface area contributed by atoms with Crippen molar-refractivity contribution in [1.29, 1.82) is 0 Å². The summed E-state index contributed by atoms with van der Waals surface area (Å²) in [5, 5.41) is 5.88. The van der Waals surface area contributed by atoms with E-state index in [-0.39, 0.29) is 17.7 Å². The lowest BCUT2D eigenvalue weighted by Crippen LogP contribution is -2.44. The number of amides is 2. The highest BCUT2D eigenvalue weighted by atomic mass is 16.5. The molecule has 0 aromatic heterocycles. The van der Waals surface area contributed by atoms with Crippen molar-refractivity contribution in [1.82, 2.24) is 10.2 Å². The molecule has 1 fully saturated rings. The van der Waals surface area contributed by atoms with E-state index in [2.05, 4.69) is 15.5 Å². The summed E-state index contributed by atoms with van der Waals surface area (Å²) in [6, 6.07) is 14.7. The molecule has 2 aromatic carbocycles. The van der Waals surface area contributed by atoms with Crippen LogP contribution in [0.1, 0.15) is 41.8 Å². The predicted molar refractivity (Wildman–Crippen MR) is 123 cm³/mol. The van der Waals surface area contributed by atoms with Crippen LogP contribution in [0.5, 0.6) is 0 Å². The summed E-state index contributed by atoms with van der Waals surface area (Å²) >= 11 is 0. The average Bonchev–Trinajstić information content (AvgIpc) is 2.75. The quantitative estimate of drug-likeness (QED) is 0.681. The molecule has 6 nitrogen and oxygen atoms in total. The highest BCUT2D eigenvalue weighted by Crippen LogP contribution is 2.15. The summed E-state index contributed by atoms with van der Waals surface area (Å²) < 4.78 is 5.39. The van der Waals surface area contributed by atoms with E-state index in [1.807, 2.05) is 63.2 Å². The predicted octanol–water partition coefficient (Wildman–Crippen LogP) is 3.61. The van der Waals surface area contributed by atoms with Gasteiger partial charge in [0.2, 0.25) is 5.91 Å². The minimum atomic E-state index is -0.597. The molecule has 0 saturated carbocycles. The Hall–Kier alpha value is -2.70. The molecule has 0 radical (unpaired) electrons. The number of hydrogen-bond acceptors (Lipinski definition) is 4. The van der Waals surface area contributed by atoms with E-state index in [0.29, 0.717) is 12.0 Å². The summed E-state index contributed by atoms with van der Waals surface area (Å²) in [6.45, 7) is 10.3. The van der Waals surface area contributed by atoms with Crippen LogP contribution in [0.4, 0.5) is 5.69 Å². The number of nitrogens with one attached hydrogen (secondary N) is 2. The molecule has 0 bridgehead atoms. The van der Waals surface area contributed by atoms with Gasteiger partial charge in [0.05, 0.1) is 13.2 Å². The lowest BCUT2D eigenvalue weighted by Gasteiger charge is -2.26. The lowest BCUT2D eigenvalue weighted by molar-refractivity contribution is -0.118. The fourth-order valence-electron chi connectivity index (χ4n) is 3.71. The monoisotopic (exact) mass is 423 g/mol. The maximum Gasteiger partial charge on any atom is 0.252 e. The van der Waals surface area contributed by atoms with Gasteiger partial charge in [0, 0.05) is 30.9 Å². The second-order valence-corrected chi connectivity index (χ2v) is 8.55. The standard InChI is InChI=1S/C25H33N3O3/c1-18(2)16-23(27-24(29)22-7-5-4-6-19(22)3)25(30)26-21-10-8-20(9-11-21)17-28-12-14-31-15-13-28/h4-11,18,23H,12-17H2,1-3H3,(H,26,30)(H,27,29). The Morgan fingerprint density at radius 1 is 1.03 bits per heavy atom. The molecular formula is C25H33N3O3. The van der Waals surface area contributed by atoms with Gasteiger partial charge < -0.3 is 15.4 Å². The SMILES string of the molecule is Cc1ccccc1C(=O)NC(CC(C)C)C(=O)Nc1ccc(CN2CCOCC2)cc1. The van der Waals surface area contributed by atoms with Gasteiger partial charge in [-0.1, -0.05) is 44.2 Å². The van der Waals surface area contributed by atoms with Crippen LogP contribution in [0, 0.1) is 12.8 Å². The molecular weight excluding hydrogens is 390 g/mol. The number of carbonyl (C=O) groups excluding carboxylic acids is 2. The van der Waals surface area contributed by atoms with Crippen LogP contribution >= 0.6 is 0 Å². The summed E-state index contributed by atoms with van der Waals surface area (Å²) in [4.78, 5) is 28.1. The third-order valence-corrected chi connectivity index (χ3v) is 5.45. The third kappa shape index (κ3) is 6.91. The first-order valence-corrected chi connectivity index (χ1v) is 11.0. The number of aryl methyl sites for hydroxylation is 1. The summed E-state index contributed by atoms with van der Waals surface area (Å²) in [5.74, 6) is -0.153. The van der Waals surface area contributed by atoms with Crippen molar-refractivity contribution in [3.63, 3.8) is 0 Å². The second-order valence-electron chi connectivity index (χ2n) is 8.55. The van der Waals surface area contributed by atoms with Crippen molar-refractivity contribution >= 4 is 17.5 Å². The van der Waals surface area contributed by atoms with E-state index >= 15 is 0 Å². The molecule has 1 heterocycles. The van der Waals surface area contributed by atoms with Gasteiger partial charge >= 0.3 is 0 Å². The Kier molecular flexibility index (Phi) is 8.20. The van der Waals surface area contributed by atoms with Crippen molar-refractivity contribution < 1.29 is 14.3 Å².